The van der Waals surface area contributed by atoms with Crippen LogP contribution in [0.2, 0.25) is 0 Å². The van der Waals surface area contributed by atoms with Gasteiger partial charge in [-0.05, 0) is 33.5 Å². The molecule has 2 aromatic rings. The van der Waals surface area contributed by atoms with E-state index in [0.717, 1.165) is 5.39 Å². The van der Waals surface area contributed by atoms with E-state index in [2.05, 4.69) is 4.98 Å². The highest BCUT2D eigenvalue weighted by atomic mass is 36.0. The van der Waals surface area contributed by atoms with Gasteiger partial charge in [-0.25, -0.2) is 0 Å². The summed E-state index contributed by atoms with van der Waals surface area (Å²) in [5, 5.41) is 0.881. The minimum Gasteiger partial charge on any atom is -0.255 e. The van der Waals surface area contributed by atoms with Crippen molar-refractivity contribution in [2.24, 2.45) is 0 Å². The molecule has 0 bridgehead atoms. The van der Waals surface area contributed by atoms with Crippen LogP contribution in [0.1, 0.15) is 0 Å². The Balaban J connectivity index is 2.85. The van der Waals surface area contributed by atoms with Crippen molar-refractivity contribution >= 4 is 40.6 Å². The third kappa shape index (κ3) is 1.75. The molecule has 1 aromatic carbocycles. The Kier molecular flexibility index (Phi) is 2.47. The summed E-state index contributed by atoms with van der Waals surface area (Å²) in [6.45, 7) is 0. The van der Waals surface area contributed by atoms with Crippen LogP contribution in [0.3, 0.4) is 0 Å². The van der Waals surface area contributed by atoms with Gasteiger partial charge in [0.25, 0.3) is 0 Å². The lowest BCUT2D eigenvalue weighted by Gasteiger charge is -2.09. The number of benzene rings is 1. The average Bonchev–Trinajstić information content (AvgIpc) is 2.15. The molecule has 0 aliphatic heterocycles. The lowest BCUT2D eigenvalue weighted by Crippen LogP contribution is -1.95. The number of para-hydroxylation sites is 1. The molecule has 0 saturated heterocycles. The van der Waals surface area contributed by atoms with Crippen molar-refractivity contribution in [3.63, 3.8) is 0 Å². The van der Waals surface area contributed by atoms with Crippen LogP contribution in [0, 0.1) is 0 Å². The zero-order valence-electron chi connectivity index (χ0n) is 7.02. The van der Waals surface area contributed by atoms with E-state index < -0.39 is 8.36 Å². The van der Waals surface area contributed by atoms with Gasteiger partial charge >= 0.3 is 0 Å². The molecule has 1 aromatic heterocycles. The Hall–Kier alpha value is -0.640. The van der Waals surface area contributed by atoms with Crippen LogP contribution < -0.4 is 0 Å². The SMILES string of the molecule is O=[SH](Cl)(Cl)c1cccc2cccnc12. The van der Waals surface area contributed by atoms with Crippen molar-refractivity contribution < 1.29 is 4.21 Å². The molecule has 0 fully saturated rings. The van der Waals surface area contributed by atoms with Crippen LogP contribution in [-0.2, 0) is 8.36 Å². The monoisotopic (exact) mass is 247 g/mol. The molecule has 0 spiro atoms. The number of thiol groups is 1. The van der Waals surface area contributed by atoms with Crippen LogP contribution >= 0.6 is 21.4 Å². The second-order valence-corrected chi connectivity index (χ2v) is 7.60. The molecule has 2 nitrogen and oxygen atoms in total. The number of hydrogen-bond donors (Lipinski definition) is 1. The van der Waals surface area contributed by atoms with Crippen LogP contribution in [0.4, 0.5) is 0 Å². The lowest BCUT2D eigenvalue weighted by molar-refractivity contribution is 0.688. The fourth-order valence-corrected chi connectivity index (χ4v) is 2.81. The van der Waals surface area contributed by atoms with Gasteiger partial charge in [0.05, 0.1) is 18.8 Å². The molecule has 0 saturated carbocycles. The fourth-order valence-electron chi connectivity index (χ4n) is 1.30. The summed E-state index contributed by atoms with van der Waals surface area (Å²) in [6, 6.07) is 8.94. The molecule has 74 valence electrons. The maximum absolute atomic E-state index is 11.5. The quantitative estimate of drug-likeness (QED) is 0.621. The van der Waals surface area contributed by atoms with E-state index in [4.69, 9.17) is 21.4 Å². The Morgan fingerprint density at radius 3 is 2.57 bits per heavy atom. The molecule has 2 rings (SSSR count). The first-order valence-electron chi connectivity index (χ1n) is 3.93. The Bertz CT molecular complexity index is 518. The standard InChI is InChI=1S/C9H7Cl2NOS/c10-14(11,13)8-5-1-3-7-4-2-6-12-9(7)8/h1-6,14H. The summed E-state index contributed by atoms with van der Waals surface area (Å²) in [4.78, 5) is 4.51. The van der Waals surface area contributed by atoms with E-state index in [-0.39, 0.29) is 0 Å². The van der Waals surface area contributed by atoms with Gasteiger partial charge in [-0.15, -0.1) is 0 Å². The molecule has 0 N–H and O–H groups in total. The summed E-state index contributed by atoms with van der Waals surface area (Å²) in [7, 11) is 7.96. The molecule has 0 atom stereocenters. The second-order valence-electron chi connectivity index (χ2n) is 2.81. The van der Waals surface area contributed by atoms with Crippen molar-refractivity contribution in [1.29, 1.82) is 0 Å². The van der Waals surface area contributed by atoms with E-state index in [9.17, 15) is 4.21 Å². The van der Waals surface area contributed by atoms with Crippen LogP contribution in [0.5, 0.6) is 0 Å². The largest absolute Gasteiger partial charge is 0.255 e. The molecule has 1 heterocycles. The molecule has 5 heteroatoms. The van der Waals surface area contributed by atoms with Gasteiger partial charge in [0.15, 0.2) is 0 Å². The lowest BCUT2D eigenvalue weighted by atomic mass is 10.2. The van der Waals surface area contributed by atoms with Crippen molar-refractivity contribution in [3.8, 4) is 0 Å². The molecule has 0 aliphatic carbocycles. The van der Waals surface area contributed by atoms with E-state index in [1.807, 2.05) is 12.1 Å². The maximum atomic E-state index is 11.5. The highest BCUT2D eigenvalue weighted by Gasteiger charge is 2.13. The van der Waals surface area contributed by atoms with Gasteiger partial charge in [-0.1, -0.05) is 18.2 Å². The van der Waals surface area contributed by atoms with Crippen molar-refractivity contribution in [2.45, 2.75) is 4.90 Å². The van der Waals surface area contributed by atoms with Gasteiger partial charge in [0.2, 0.25) is 0 Å². The van der Waals surface area contributed by atoms with Gasteiger partial charge in [-0.3, -0.25) is 9.19 Å². The third-order valence-corrected chi connectivity index (χ3v) is 3.91. The first kappa shape index (κ1) is 9.90. The fraction of sp³-hybridized carbons (Fsp3) is 0. The molecule has 0 aliphatic rings. The van der Waals surface area contributed by atoms with Gasteiger partial charge in [0.1, 0.15) is 0 Å². The van der Waals surface area contributed by atoms with Crippen LogP contribution in [0.25, 0.3) is 10.9 Å². The van der Waals surface area contributed by atoms with Gasteiger partial charge in [0, 0.05) is 11.6 Å². The summed E-state index contributed by atoms with van der Waals surface area (Å²) < 4.78 is 11.5. The number of aromatic nitrogens is 1. The topological polar surface area (TPSA) is 30.0 Å². The predicted octanol–water partition coefficient (Wildman–Crippen LogP) is 2.92. The second kappa shape index (κ2) is 3.50. The van der Waals surface area contributed by atoms with E-state index in [0.29, 0.717) is 10.4 Å². The molecule has 0 amide bonds. The first-order valence-corrected chi connectivity index (χ1v) is 7.44. The van der Waals surface area contributed by atoms with Gasteiger partial charge in [-0.2, -0.15) is 0 Å². The number of halogens is 2. The zero-order valence-corrected chi connectivity index (χ0v) is 9.43. The van der Waals surface area contributed by atoms with Crippen LogP contribution in [-0.4, -0.2) is 9.19 Å². The number of rotatable bonds is 1. The normalized spacial score (nSPS) is 13.0. The summed E-state index contributed by atoms with van der Waals surface area (Å²) in [6.07, 6.45) is 1.62. The average molecular weight is 248 g/mol. The number of hydrogen-bond acceptors (Lipinski definition) is 2. The third-order valence-electron chi connectivity index (χ3n) is 1.89. The number of nitrogens with zero attached hydrogens (tertiary/aromatic N) is 1. The van der Waals surface area contributed by atoms with Crippen molar-refractivity contribution in [1.82, 2.24) is 4.98 Å². The van der Waals surface area contributed by atoms with Crippen molar-refractivity contribution in [2.75, 3.05) is 0 Å². The summed E-state index contributed by atoms with van der Waals surface area (Å²) in [5.74, 6) is 0. The van der Waals surface area contributed by atoms with E-state index >= 15 is 0 Å². The maximum Gasteiger partial charge on any atom is 0.0866 e. The zero-order chi connectivity index (χ0) is 10.2. The Labute approximate surface area is 91.3 Å². The molecular formula is C9H7Cl2NOS. The highest BCUT2D eigenvalue weighted by molar-refractivity contribution is 8.40. The van der Waals surface area contributed by atoms with Crippen LogP contribution in [0.15, 0.2) is 41.4 Å². The minimum absolute atomic E-state index is 0.402. The first-order chi connectivity index (χ1) is 6.59. The van der Waals surface area contributed by atoms with E-state index in [1.165, 1.54) is 0 Å². The molecular weight excluding hydrogens is 241 g/mol. The Morgan fingerprint density at radius 2 is 1.86 bits per heavy atom. The summed E-state index contributed by atoms with van der Waals surface area (Å²) >= 11 is 0. The Morgan fingerprint density at radius 1 is 1.14 bits per heavy atom. The predicted molar refractivity (Wildman–Crippen MR) is 61.3 cm³/mol. The smallest absolute Gasteiger partial charge is 0.0866 e. The van der Waals surface area contributed by atoms with Gasteiger partial charge < -0.3 is 0 Å². The van der Waals surface area contributed by atoms with E-state index in [1.54, 1.807) is 24.4 Å². The molecule has 0 unspecified atom stereocenters. The summed E-state index contributed by atoms with van der Waals surface area (Å²) in [5.41, 5.74) is 0.600. The van der Waals surface area contributed by atoms with Crippen molar-refractivity contribution in [3.05, 3.63) is 36.5 Å². The minimum atomic E-state index is -3.28. The highest BCUT2D eigenvalue weighted by Crippen LogP contribution is 2.32. The number of pyridine rings is 1. The molecule has 0 radical (unpaired) electrons. The molecule has 14 heavy (non-hydrogen) atoms. The number of fused-ring (bicyclic) bond motifs is 1.